The summed E-state index contributed by atoms with van der Waals surface area (Å²) in [5.41, 5.74) is 0.197. The molecule has 2 aromatic rings. The number of halogens is 1. The molecule has 1 aromatic heterocycles. The Morgan fingerprint density at radius 1 is 1.33 bits per heavy atom. The fourth-order valence-corrected chi connectivity index (χ4v) is 2.35. The van der Waals surface area contributed by atoms with Crippen LogP contribution < -0.4 is 15.0 Å². The number of hydrogen-bond donors (Lipinski definition) is 0. The van der Waals surface area contributed by atoms with Crippen LogP contribution in [0.5, 0.6) is 11.5 Å². The molecule has 0 unspecified atom stereocenters. The van der Waals surface area contributed by atoms with Gasteiger partial charge in [-0.05, 0) is 17.7 Å². The smallest absolute Gasteiger partial charge is 0.285 e. The van der Waals surface area contributed by atoms with E-state index in [2.05, 4.69) is 0 Å². The Labute approximate surface area is 123 Å². The van der Waals surface area contributed by atoms with E-state index < -0.39 is 4.92 Å². The number of nitro groups is 1. The van der Waals surface area contributed by atoms with Gasteiger partial charge < -0.3 is 14.0 Å². The molecule has 8 heteroatoms. The van der Waals surface area contributed by atoms with E-state index in [0.717, 1.165) is 6.07 Å². The average Bonchev–Trinajstić information content (AvgIpc) is 2.90. The molecule has 0 atom stereocenters. The Kier molecular flexibility index (Phi) is 3.26. The van der Waals surface area contributed by atoms with Gasteiger partial charge in [-0.15, -0.1) is 0 Å². The lowest BCUT2D eigenvalue weighted by Crippen LogP contribution is -2.19. The summed E-state index contributed by atoms with van der Waals surface area (Å²) in [6, 6.07) is 5.66. The first kappa shape index (κ1) is 13.4. The summed E-state index contributed by atoms with van der Waals surface area (Å²) >= 11 is 6.06. The van der Waals surface area contributed by atoms with Crippen LogP contribution >= 0.6 is 11.6 Å². The van der Waals surface area contributed by atoms with Crippen LogP contribution in [0.15, 0.2) is 35.3 Å². The van der Waals surface area contributed by atoms with Gasteiger partial charge in [-0.2, -0.15) is 0 Å². The normalized spacial score (nSPS) is 12.4. The molecule has 1 aliphatic heterocycles. The number of hydrogen-bond acceptors (Lipinski definition) is 5. The van der Waals surface area contributed by atoms with Gasteiger partial charge in [-0.3, -0.25) is 14.9 Å². The SMILES string of the molecule is O=c1ccc([N+](=O)[O-])cn1Cc1cc(Cl)c2c(c1)OCO2. The third-order valence-electron chi connectivity index (χ3n) is 3.02. The van der Waals surface area contributed by atoms with Crippen LogP contribution in [0.2, 0.25) is 5.02 Å². The third-order valence-corrected chi connectivity index (χ3v) is 3.30. The van der Waals surface area contributed by atoms with Crippen molar-refractivity contribution >= 4 is 17.3 Å². The van der Waals surface area contributed by atoms with Gasteiger partial charge in [-0.25, -0.2) is 0 Å². The zero-order valence-corrected chi connectivity index (χ0v) is 11.4. The van der Waals surface area contributed by atoms with Crippen LogP contribution in [0, 0.1) is 10.1 Å². The average molecular weight is 309 g/mol. The van der Waals surface area contributed by atoms with Crippen molar-refractivity contribution in [2.24, 2.45) is 0 Å². The highest BCUT2D eigenvalue weighted by molar-refractivity contribution is 6.32. The fourth-order valence-electron chi connectivity index (χ4n) is 2.06. The highest BCUT2D eigenvalue weighted by Crippen LogP contribution is 2.39. The zero-order valence-electron chi connectivity index (χ0n) is 10.6. The van der Waals surface area contributed by atoms with E-state index in [4.69, 9.17) is 21.1 Å². The Morgan fingerprint density at radius 2 is 2.14 bits per heavy atom. The monoisotopic (exact) mass is 308 g/mol. The van der Waals surface area contributed by atoms with Gasteiger partial charge in [0.15, 0.2) is 11.5 Å². The van der Waals surface area contributed by atoms with Gasteiger partial charge in [0.25, 0.3) is 11.2 Å². The fraction of sp³-hybridized carbons (Fsp3) is 0.154. The first-order valence-corrected chi connectivity index (χ1v) is 6.35. The second kappa shape index (κ2) is 5.10. The largest absolute Gasteiger partial charge is 0.454 e. The van der Waals surface area contributed by atoms with Crippen molar-refractivity contribution in [3.05, 3.63) is 61.5 Å². The first-order chi connectivity index (χ1) is 10.0. The lowest BCUT2D eigenvalue weighted by atomic mass is 10.2. The molecule has 0 N–H and O–H groups in total. The minimum Gasteiger partial charge on any atom is -0.454 e. The zero-order chi connectivity index (χ0) is 15.0. The summed E-state index contributed by atoms with van der Waals surface area (Å²) in [6.45, 7) is 0.242. The summed E-state index contributed by atoms with van der Waals surface area (Å²) in [6.07, 6.45) is 1.20. The molecule has 1 aliphatic rings. The lowest BCUT2D eigenvalue weighted by molar-refractivity contribution is -0.385. The lowest BCUT2D eigenvalue weighted by Gasteiger charge is -2.07. The van der Waals surface area contributed by atoms with Crippen molar-refractivity contribution in [3.8, 4) is 11.5 Å². The summed E-state index contributed by atoms with van der Waals surface area (Å²) in [5.74, 6) is 0.961. The maximum atomic E-state index is 11.8. The van der Waals surface area contributed by atoms with Gasteiger partial charge in [0.2, 0.25) is 6.79 Å². The van der Waals surface area contributed by atoms with E-state index in [1.807, 2.05) is 0 Å². The van der Waals surface area contributed by atoms with Gasteiger partial charge in [0.05, 0.1) is 22.7 Å². The molecule has 3 rings (SSSR count). The van der Waals surface area contributed by atoms with E-state index in [1.54, 1.807) is 12.1 Å². The van der Waals surface area contributed by atoms with Crippen LogP contribution in [0.25, 0.3) is 0 Å². The molecule has 108 valence electrons. The maximum absolute atomic E-state index is 11.8. The number of pyridine rings is 1. The number of rotatable bonds is 3. The highest BCUT2D eigenvalue weighted by Gasteiger charge is 2.18. The number of aromatic nitrogens is 1. The summed E-state index contributed by atoms with van der Waals surface area (Å²) in [5, 5.41) is 11.1. The van der Waals surface area contributed by atoms with Gasteiger partial charge >= 0.3 is 0 Å². The highest BCUT2D eigenvalue weighted by atomic mass is 35.5. The number of fused-ring (bicyclic) bond motifs is 1. The molecular weight excluding hydrogens is 300 g/mol. The van der Waals surface area contributed by atoms with Crippen molar-refractivity contribution in [2.45, 2.75) is 6.54 Å². The molecule has 21 heavy (non-hydrogen) atoms. The summed E-state index contributed by atoms with van der Waals surface area (Å²) in [7, 11) is 0. The molecule has 0 radical (unpaired) electrons. The van der Waals surface area contributed by atoms with Crippen LogP contribution in [0.1, 0.15) is 5.56 Å². The van der Waals surface area contributed by atoms with E-state index in [1.165, 1.54) is 16.8 Å². The molecule has 0 aliphatic carbocycles. The molecule has 2 heterocycles. The summed E-state index contributed by atoms with van der Waals surface area (Å²) < 4.78 is 11.7. The Balaban J connectivity index is 1.97. The molecule has 0 saturated carbocycles. The Morgan fingerprint density at radius 3 is 2.90 bits per heavy atom. The topological polar surface area (TPSA) is 83.6 Å². The van der Waals surface area contributed by atoms with Crippen molar-refractivity contribution in [3.63, 3.8) is 0 Å². The standard InChI is InChI=1S/C13H9ClN2O5/c14-10-3-8(4-11-13(10)21-7-20-11)5-15-6-9(16(18)19)1-2-12(15)17/h1-4,6H,5,7H2. The molecule has 1 aromatic carbocycles. The molecular formula is C13H9ClN2O5. The van der Waals surface area contributed by atoms with Gasteiger partial charge in [0.1, 0.15) is 0 Å². The minimum atomic E-state index is -0.553. The second-order valence-corrected chi connectivity index (χ2v) is 4.83. The van der Waals surface area contributed by atoms with Gasteiger partial charge in [-0.1, -0.05) is 11.6 Å². The molecule has 0 bridgehead atoms. The van der Waals surface area contributed by atoms with Crippen molar-refractivity contribution in [2.75, 3.05) is 6.79 Å². The van der Waals surface area contributed by atoms with Gasteiger partial charge in [0, 0.05) is 12.1 Å². The summed E-state index contributed by atoms with van der Waals surface area (Å²) in [4.78, 5) is 22.0. The molecule has 0 saturated heterocycles. The Bertz CT molecular complexity index is 787. The Hall–Kier alpha value is -2.54. The molecule has 0 fully saturated rings. The third kappa shape index (κ3) is 2.55. The van der Waals surface area contributed by atoms with Crippen LogP contribution in [0.3, 0.4) is 0 Å². The predicted molar refractivity (Wildman–Crippen MR) is 74.0 cm³/mol. The van der Waals surface area contributed by atoms with Crippen LogP contribution in [-0.2, 0) is 6.54 Å². The van der Waals surface area contributed by atoms with E-state index in [0.29, 0.717) is 22.1 Å². The number of benzene rings is 1. The molecule has 0 spiro atoms. The van der Waals surface area contributed by atoms with Crippen molar-refractivity contribution in [1.82, 2.24) is 4.57 Å². The second-order valence-electron chi connectivity index (χ2n) is 4.42. The van der Waals surface area contributed by atoms with E-state index in [-0.39, 0.29) is 24.6 Å². The van der Waals surface area contributed by atoms with Crippen molar-refractivity contribution in [1.29, 1.82) is 0 Å². The predicted octanol–water partition coefficient (Wildman–Crippen LogP) is 2.19. The quantitative estimate of drug-likeness (QED) is 0.641. The van der Waals surface area contributed by atoms with Crippen LogP contribution in [-0.4, -0.2) is 16.3 Å². The van der Waals surface area contributed by atoms with Crippen molar-refractivity contribution < 1.29 is 14.4 Å². The maximum Gasteiger partial charge on any atom is 0.285 e. The van der Waals surface area contributed by atoms with Crippen LogP contribution in [0.4, 0.5) is 5.69 Å². The molecule has 0 amide bonds. The first-order valence-electron chi connectivity index (χ1n) is 5.97. The molecule has 7 nitrogen and oxygen atoms in total. The number of nitrogens with zero attached hydrogens (tertiary/aromatic N) is 2. The minimum absolute atomic E-state index is 0.0925. The number of ether oxygens (including phenoxy) is 2. The van der Waals surface area contributed by atoms with E-state index >= 15 is 0 Å². The van der Waals surface area contributed by atoms with E-state index in [9.17, 15) is 14.9 Å².